The van der Waals surface area contributed by atoms with Gasteiger partial charge in [0.2, 0.25) is 5.91 Å². The Bertz CT molecular complexity index is 745. The van der Waals surface area contributed by atoms with E-state index in [1.165, 1.54) is 6.26 Å². The van der Waals surface area contributed by atoms with Crippen LogP contribution in [0.2, 0.25) is 0 Å². The summed E-state index contributed by atoms with van der Waals surface area (Å²) >= 11 is 0. The van der Waals surface area contributed by atoms with Crippen LogP contribution in [-0.2, 0) is 4.79 Å². The summed E-state index contributed by atoms with van der Waals surface area (Å²) in [7, 11) is 0. The van der Waals surface area contributed by atoms with Gasteiger partial charge in [-0.05, 0) is 29.7 Å². The van der Waals surface area contributed by atoms with Gasteiger partial charge < -0.3 is 14.8 Å². The van der Waals surface area contributed by atoms with Crippen molar-refractivity contribution in [2.75, 3.05) is 6.54 Å². The number of aliphatic hydroxyl groups excluding tert-OH is 1. The van der Waals surface area contributed by atoms with Gasteiger partial charge in [-0.15, -0.1) is 0 Å². The lowest BCUT2D eigenvalue weighted by atomic mass is 9.88. The van der Waals surface area contributed by atoms with Gasteiger partial charge in [-0.1, -0.05) is 60.7 Å². The molecule has 0 saturated carbocycles. The van der Waals surface area contributed by atoms with Crippen molar-refractivity contribution >= 4 is 5.91 Å². The van der Waals surface area contributed by atoms with Crippen molar-refractivity contribution in [3.8, 4) is 0 Å². The van der Waals surface area contributed by atoms with Gasteiger partial charge in [0.05, 0.1) is 6.26 Å². The average Bonchev–Trinajstić information content (AvgIpc) is 3.22. The SMILES string of the molecule is O=C(CC(c1ccccc1)c1ccccc1)NCCC(O)c1ccco1. The molecular formula is C22H23NO3. The smallest absolute Gasteiger partial charge is 0.220 e. The molecule has 0 aliphatic rings. The second kappa shape index (κ2) is 9.02. The molecule has 1 heterocycles. The Kier molecular flexibility index (Phi) is 6.23. The lowest BCUT2D eigenvalue weighted by molar-refractivity contribution is -0.121. The number of benzene rings is 2. The van der Waals surface area contributed by atoms with Crippen LogP contribution >= 0.6 is 0 Å². The fourth-order valence-electron chi connectivity index (χ4n) is 3.03. The van der Waals surface area contributed by atoms with Crippen LogP contribution in [0.15, 0.2) is 83.5 Å². The van der Waals surface area contributed by atoms with Gasteiger partial charge in [0.25, 0.3) is 0 Å². The molecule has 0 radical (unpaired) electrons. The van der Waals surface area contributed by atoms with E-state index < -0.39 is 6.10 Å². The summed E-state index contributed by atoms with van der Waals surface area (Å²) in [6.45, 7) is 0.400. The maximum absolute atomic E-state index is 12.5. The van der Waals surface area contributed by atoms with E-state index in [9.17, 15) is 9.90 Å². The molecule has 1 atom stereocenters. The molecule has 26 heavy (non-hydrogen) atoms. The molecule has 134 valence electrons. The van der Waals surface area contributed by atoms with Gasteiger partial charge in [-0.3, -0.25) is 4.79 Å². The molecule has 4 heteroatoms. The third-order valence-corrected chi connectivity index (χ3v) is 4.40. The first-order valence-electron chi connectivity index (χ1n) is 8.82. The van der Waals surface area contributed by atoms with Crippen molar-refractivity contribution in [3.63, 3.8) is 0 Å². The minimum absolute atomic E-state index is 0.00685. The van der Waals surface area contributed by atoms with Crippen molar-refractivity contribution < 1.29 is 14.3 Å². The molecule has 0 saturated heterocycles. The van der Waals surface area contributed by atoms with Crippen LogP contribution < -0.4 is 5.32 Å². The number of aliphatic hydroxyl groups is 1. The van der Waals surface area contributed by atoms with Crippen LogP contribution in [0.5, 0.6) is 0 Å². The van der Waals surface area contributed by atoms with E-state index >= 15 is 0 Å². The molecule has 3 rings (SSSR count). The number of amides is 1. The molecule has 2 N–H and O–H groups in total. The lowest BCUT2D eigenvalue weighted by Crippen LogP contribution is -2.27. The number of carbonyl (C=O) groups excluding carboxylic acids is 1. The zero-order chi connectivity index (χ0) is 18.2. The van der Waals surface area contributed by atoms with E-state index in [1.807, 2.05) is 60.7 Å². The highest BCUT2D eigenvalue weighted by Gasteiger charge is 2.18. The van der Waals surface area contributed by atoms with Crippen LogP contribution in [0.4, 0.5) is 0 Å². The second-order valence-electron chi connectivity index (χ2n) is 6.25. The average molecular weight is 349 g/mol. The van der Waals surface area contributed by atoms with Crippen LogP contribution in [0.1, 0.15) is 41.8 Å². The number of rotatable bonds is 8. The van der Waals surface area contributed by atoms with Gasteiger partial charge in [0, 0.05) is 18.9 Å². The van der Waals surface area contributed by atoms with Crippen LogP contribution in [0, 0.1) is 0 Å². The number of hydrogen-bond donors (Lipinski definition) is 2. The summed E-state index contributed by atoms with van der Waals surface area (Å²) in [5.74, 6) is 0.493. The Hall–Kier alpha value is -2.85. The number of nitrogens with one attached hydrogen (secondary N) is 1. The van der Waals surface area contributed by atoms with E-state index in [-0.39, 0.29) is 11.8 Å². The Morgan fingerprint density at radius 2 is 1.54 bits per heavy atom. The van der Waals surface area contributed by atoms with Crippen molar-refractivity contribution in [2.24, 2.45) is 0 Å². The summed E-state index contributed by atoms with van der Waals surface area (Å²) < 4.78 is 5.17. The second-order valence-corrected chi connectivity index (χ2v) is 6.25. The van der Waals surface area contributed by atoms with Gasteiger partial charge in [-0.2, -0.15) is 0 Å². The van der Waals surface area contributed by atoms with Crippen molar-refractivity contribution in [3.05, 3.63) is 95.9 Å². The molecule has 0 bridgehead atoms. The summed E-state index contributed by atoms with van der Waals surface area (Å²) in [4.78, 5) is 12.5. The van der Waals surface area contributed by atoms with Gasteiger partial charge in [0.15, 0.2) is 0 Å². The van der Waals surface area contributed by atoms with Gasteiger partial charge in [0.1, 0.15) is 11.9 Å². The van der Waals surface area contributed by atoms with E-state index in [0.717, 1.165) is 11.1 Å². The maximum atomic E-state index is 12.5. The third-order valence-electron chi connectivity index (χ3n) is 4.40. The first-order chi connectivity index (χ1) is 12.7. The van der Waals surface area contributed by atoms with Gasteiger partial charge in [-0.25, -0.2) is 0 Å². The molecule has 1 amide bonds. The molecule has 2 aromatic carbocycles. The molecule has 0 spiro atoms. The predicted octanol–water partition coefficient (Wildman–Crippen LogP) is 4.04. The van der Waals surface area contributed by atoms with Crippen molar-refractivity contribution in [2.45, 2.75) is 24.9 Å². The molecule has 4 nitrogen and oxygen atoms in total. The molecular weight excluding hydrogens is 326 g/mol. The Morgan fingerprint density at radius 3 is 2.08 bits per heavy atom. The number of furan rings is 1. The maximum Gasteiger partial charge on any atom is 0.220 e. The summed E-state index contributed by atoms with van der Waals surface area (Å²) in [6.07, 6.45) is 1.61. The molecule has 0 fully saturated rings. The Morgan fingerprint density at radius 1 is 0.923 bits per heavy atom. The number of carbonyl (C=O) groups is 1. The summed E-state index contributed by atoms with van der Waals surface area (Å²) in [5, 5.41) is 12.9. The van der Waals surface area contributed by atoms with E-state index in [2.05, 4.69) is 5.32 Å². The molecule has 0 aliphatic heterocycles. The number of hydrogen-bond acceptors (Lipinski definition) is 3. The first kappa shape index (κ1) is 18.0. The monoisotopic (exact) mass is 349 g/mol. The highest BCUT2D eigenvalue weighted by atomic mass is 16.4. The summed E-state index contributed by atoms with van der Waals surface area (Å²) in [5.41, 5.74) is 2.23. The first-order valence-corrected chi connectivity index (χ1v) is 8.82. The lowest BCUT2D eigenvalue weighted by Gasteiger charge is -2.18. The van der Waals surface area contributed by atoms with Gasteiger partial charge >= 0.3 is 0 Å². The third kappa shape index (κ3) is 4.83. The minimum atomic E-state index is -0.704. The Labute approximate surface area is 153 Å². The van der Waals surface area contributed by atoms with Crippen LogP contribution in [-0.4, -0.2) is 17.6 Å². The molecule has 1 unspecified atom stereocenters. The topological polar surface area (TPSA) is 62.5 Å². The largest absolute Gasteiger partial charge is 0.467 e. The zero-order valence-electron chi connectivity index (χ0n) is 14.5. The quantitative estimate of drug-likeness (QED) is 0.645. The van der Waals surface area contributed by atoms with Crippen molar-refractivity contribution in [1.82, 2.24) is 5.32 Å². The zero-order valence-corrected chi connectivity index (χ0v) is 14.5. The van der Waals surface area contributed by atoms with Crippen LogP contribution in [0.25, 0.3) is 0 Å². The van der Waals surface area contributed by atoms with Crippen LogP contribution in [0.3, 0.4) is 0 Å². The minimum Gasteiger partial charge on any atom is -0.467 e. The van der Waals surface area contributed by atoms with Crippen molar-refractivity contribution in [1.29, 1.82) is 0 Å². The van der Waals surface area contributed by atoms with E-state index in [1.54, 1.807) is 12.1 Å². The predicted molar refractivity (Wildman–Crippen MR) is 101 cm³/mol. The molecule has 3 aromatic rings. The highest BCUT2D eigenvalue weighted by Crippen LogP contribution is 2.27. The fraction of sp³-hybridized carbons (Fsp3) is 0.227. The normalized spacial score (nSPS) is 12.1. The Balaban J connectivity index is 1.59. The molecule has 0 aliphatic carbocycles. The fourth-order valence-corrected chi connectivity index (χ4v) is 3.03. The summed E-state index contributed by atoms with van der Waals surface area (Å²) in [6, 6.07) is 23.6. The van der Waals surface area contributed by atoms with E-state index in [0.29, 0.717) is 25.1 Å². The highest BCUT2D eigenvalue weighted by molar-refractivity contribution is 5.77. The molecule has 1 aromatic heterocycles. The standard InChI is InChI=1S/C22H23NO3/c24-20(21-12-7-15-26-21)13-14-23-22(25)16-19(17-8-3-1-4-9-17)18-10-5-2-6-11-18/h1-12,15,19-20,24H,13-14,16H2,(H,23,25). The van der Waals surface area contributed by atoms with E-state index in [4.69, 9.17) is 4.42 Å².